The zero-order chi connectivity index (χ0) is 22.9. The molecule has 1 saturated carbocycles. The molecule has 33 heavy (non-hydrogen) atoms. The first-order chi connectivity index (χ1) is 15.9. The molecule has 2 aromatic carbocycles. The minimum atomic E-state index is -0.401. The number of aromatic amines is 1. The third-order valence-electron chi connectivity index (χ3n) is 7.71. The van der Waals surface area contributed by atoms with E-state index in [0.717, 1.165) is 65.6 Å². The second-order valence-corrected chi connectivity index (χ2v) is 10.0. The van der Waals surface area contributed by atoms with Gasteiger partial charge in [-0.3, -0.25) is 9.69 Å². The zero-order valence-corrected chi connectivity index (χ0v) is 19.0. The summed E-state index contributed by atoms with van der Waals surface area (Å²) in [6.45, 7) is 8.33. The predicted molar refractivity (Wildman–Crippen MR) is 130 cm³/mol. The molecule has 0 spiro atoms. The van der Waals surface area contributed by atoms with E-state index in [1.165, 1.54) is 12.8 Å². The number of rotatable bonds is 2. The lowest BCUT2D eigenvalue weighted by Crippen LogP contribution is -2.47. The molecule has 5 nitrogen and oxygen atoms in total. The van der Waals surface area contributed by atoms with Crippen LogP contribution in [0.15, 0.2) is 30.3 Å². The van der Waals surface area contributed by atoms with Crippen LogP contribution in [-0.4, -0.2) is 47.9 Å². The summed E-state index contributed by atoms with van der Waals surface area (Å²) in [6.07, 6.45) is 8.60. The van der Waals surface area contributed by atoms with Gasteiger partial charge in [0.15, 0.2) is 5.78 Å². The monoisotopic (exact) mass is 434 g/mol. The number of carbonyl (C=O) groups is 1. The fraction of sp³-hybridized carbons (Fsp3) is 0.357. The first-order valence-electron chi connectivity index (χ1n) is 11.7. The molecule has 1 N–H and O–H groups in total. The first kappa shape index (κ1) is 20.1. The van der Waals surface area contributed by atoms with Crippen LogP contribution in [0.1, 0.15) is 65.0 Å². The van der Waals surface area contributed by atoms with Crippen molar-refractivity contribution in [3.8, 4) is 18.4 Å². The van der Waals surface area contributed by atoms with Crippen molar-refractivity contribution in [3.63, 3.8) is 0 Å². The molecule has 2 heterocycles. The van der Waals surface area contributed by atoms with E-state index in [2.05, 4.69) is 46.7 Å². The standard InChI is InChI=1S/C28H26N4O/c1-4-18-14-21-22(15-24(18)32-11-9-31(10-12-32)19-6-7-19)28(2,3)27-25(26(21)33)20-8-5-17(16-29)13-23(20)30-27/h1,5,8,13-15,19,30H,6-7,9-12H2,2-3H3. The Balaban J connectivity index is 1.46. The van der Waals surface area contributed by atoms with Gasteiger partial charge >= 0.3 is 0 Å². The smallest absolute Gasteiger partial charge is 0.195 e. The van der Waals surface area contributed by atoms with Crippen LogP contribution in [0.25, 0.3) is 10.9 Å². The van der Waals surface area contributed by atoms with Crippen molar-refractivity contribution in [2.75, 3.05) is 31.1 Å². The van der Waals surface area contributed by atoms with E-state index >= 15 is 0 Å². The lowest BCUT2D eigenvalue weighted by molar-refractivity contribution is 0.103. The molecule has 0 atom stereocenters. The van der Waals surface area contributed by atoms with Gasteiger partial charge in [-0.05, 0) is 42.7 Å². The van der Waals surface area contributed by atoms with Crippen molar-refractivity contribution >= 4 is 22.4 Å². The highest BCUT2D eigenvalue weighted by atomic mass is 16.1. The number of hydrogen-bond donors (Lipinski definition) is 1. The van der Waals surface area contributed by atoms with Crippen molar-refractivity contribution in [2.45, 2.75) is 38.1 Å². The Morgan fingerprint density at radius 3 is 2.55 bits per heavy atom. The Hall–Kier alpha value is -3.54. The van der Waals surface area contributed by atoms with Crippen LogP contribution in [0.2, 0.25) is 0 Å². The molecule has 0 unspecified atom stereocenters. The molecule has 0 amide bonds. The number of benzene rings is 2. The Kier molecular flexibility index (Phi) is 4.25. The van der Waals surface area contributed by atoms with Crippen LogP contribution < -0.4 is 4.90 Å². The third-order valence-corrected chi connectivity index (χ3v) is 7.71. The summed E-state index contributed by atoms with van der Waals surface area (Å²) in [6, 6.07) is 12.5. The highest BCUT2D eigenvalue weighted by molar-refractivity contribution is 6.20. The second kappa shape index (κ2) is 6.98. The quantitative estimate of drug-likeness (QED) is 0.615. The third kappa shape index (κ3) is 2.93. The number of carbonyl (C=O) groups excluding carboxylic acids is 1. The maximum absolute atomic E-state index is 13.7. The molecule has 164 valence electrons. The van der Waals surface area contributed by atoms with Gasteiger partial charge in [0.1, 0.15) is 0 Å². The van der Waals surface area contributed by atoms with Crippen molar-refractivity contribution in [2.24, 2.45) is 0 Å². The van der Waals surface area contributed by atoms with Gasteiger partial charge in [-0.1, -0.05) is 25.8 Å². The molecule has 2 fully saturated rings. The lowest BCUT2D eigenvalue weighted by atomic mass is 9.70. The minimum Gasteiger partial charge on any atom is -0.368 e. The highest BCUT2D eigenvalue weighted by Crippen LogP contribution is 2.45. The summed E-state index contributed by atoms with van der Waals surface area (Å²) in [5, 5.41) is 10.2. The highest BCUT2D eigenvalue weighted by Gasteiger charge is 2.41. The molecule has 6 rings (SSSR count). The number of anilines is 1. The molecular weight excluding hydrogens is 408 g/mol. The zero-order valence-electron chi connectivity index (χ0n) is 19.0. The topological polar surface area (TPSA) is 63.1 Å². The summed E-state index contributed by atoms with van der Waals surface area (Å²) >= 11 is 0. The van der Waals surface area contributed by atoms with Crippen LogP contribution in [0.5, 0.6) is 0 Å². The molecule has 1 saturated heterocycles. The maximum Gasteiger partial charge on any atom is 0.195 e. The lowest BCUT2D eigenvalue weighted by Gasteiger charge is -2.38. The van der Waals surface area contributed by atoms with Gasteiger partial charge in [-0.2, -0.15) is 5.26 Å². The van der Waals surface area contributed by atoms with Gasteiger partial charge in [0.2, 0.25) is 0 Å². The van der Waals surface area contributed by atoms with E-state index in [9.17, 15) is 10.1 Å². The van der Waals surface area contributed by atoms with Crippen molar-refractivity contribution in [1.29, 1.82) is 5.26 Å². The number of fused-ring (bicyclic) bond motifs is 4. The average molecular weight is 435 g/mol. The van der Waals surface area contributed by atoms with Crippen molar-refractivity contribution in [1.82, 2.24) is 9.88 Å². The van der Waals surface area contributed by atoms with Crippen LogP contribution in [0.3, 0.4) is 0 Å². The fourth-order valence-corrected chi connectivity index (χ4v) is 5.68. The predicted octanol–water partition coefficient (Wildman–Crippen LogP) is 4.18. The molecule has 0 bridgehead atoms. The molecule has 5 heteroatoms. The van der Waals surface area contributed by atoms with E-state index < -0.39 is 5.41 Å². The van der Waals surface area contributed by atoms with Crippen LogP contribution in [0.4, 0.5) is 5.69 Å². The Morgan fingerprint density at radius 2 is 1.88 bits per heavy atom. The number of nitrogens with zero attached hydrogens (tertiary/aromatic N) is 3. The van der Waals surface area contributed by atoms with Gasteiger partial charge in [0.25, 0.3) is 0 Å². The summed E-state index contributed by atoms with van der Waals surface area (Å²) in [7, 11) is 0. The normalized spacial score (nSPS) is 19.6. The number of nitrogens with one attached hydrogen (secondary N) is 1. The molecule has 1 aromatic heterocycles. The SMILES string of the molecule is C#Cc1cc2c(cc1N1CCN(C3CC3)CC1)C(C)(C)c1[nH]c3cc(C#N)ccc3c1C2=O. The fourth-order valence-electron chi connectivity index (χ4n) is 5.68. The molecule has 0 radical (unpaired) electrons. The summed E-state index contributed by atoms with van der Waals surface area (Å²) in [5.74, 6) is 2.85. The summed E-state index contributed by atoms with van der Waals surface area (Å²) in [4.78, 5) is 22.2. The molecule has 1 aliphatic heterocycles. The molecule has 2 aliphatic carbocycles. The van der Waals surface area contributed by atoms with Crippen molar-refractivity contribution in [3.05, 3.63) is 63.8 Å². The number of terminal acetylenes is 1. The largest absolute Gasteiger partial charge is 0.368 e. The van der Waals surface area contributed by atoms with Gasteiger partial charge in [0.05, 0.1) is 22.9 Å². The van der Waals surface area contributed by atoms with E-state index in [4.69, 9.17) is 6.42 Å². The van der Waals surface area contributed by atoms with Crippen LogP contribution >= 0.6 is 0 Å². The number of aromatic nitrogens is 1. The molecule has 3 aromatic rings. The van der Waals surface area contributed by atoms with E-state index in [1.807, 2.05) is 18.2 Å². The summed E-state index contributed by atoms with van der Waals surface area (Å²) in [5.41, 5.74) is 6.13. The minimum absolute atomic E-state index is 0.00288. The van der Waals surface area contributed by atoms with E-state index in [-0.39, 0.29) is 5.78 Å². The number of H-pyrrole nitrogens is 1. The average Bonchev–Trinajstić information content (AvgIpc) is 3.61. The van der Waals surface area contributed by atoms with Gasteiger partial charge < -0.3 is 9.88 Å². The van der Waals surface area contributed by atoms with Gasteiger partial charge in [-0.25, -0.2) is 0 Å². The Bertz CT molecular complexity index is 1400. The number of nitriles is 1. The molecular formula is C28H26N4O. The van der Waals surface area contributed by atoms with Gasteiger partial charge in [0, 0.05) is 65.4 Å². The van der Waals surface area contributed by atoms with Crippen LogP contribution in [0, 0.1) is 23.7 Å². The second-order valence-electron chi connectivity index (χ2n) is 10.0. The van der Waals surface area contributed by atoms with Crippen LogP contribution in [-0.2, 0) is 5.41 Å². The Labute approximate surface area is 194 Å². The van der Waals surface area contributed by atoms with E-state index in [1.54, 1.807) is 6.07 Å². The number of piperazine rings is 1. The number of ketones is 1. The Morgan fingerprint density at radius 1 is 1.12 bits per heavy atom. The van der Waals surface area contributed by atoms with Crippen molar-refractivity contribution < 1.29 is 4.79 Å². The summed E-state index contributed by atoms with van der Waals surface area (Å²) < 4.78 is 0. The maximum atomic E-state index is 13.7. The number of hydrogen-bond acceptors (Lipinski definition) is 4. The molecule has 3 aliphatic rings. The van der Waals surface area contributed by atoms with E-state index in [0.29, 0.717) is 16.7 Å². The first-order valence-corrected chi connectivity index (χ1v) is 11.7. The van der Waals surface area contributed by atoms with Gasteiger partial charge in [-0.15, -0.1) is 6.42 Å².